The summed E-state index contributed by atoms with van der Waals surface area (Å²) in [6.45, 7) is 2.96. The van der Waals surface area contributed by atoms with E-state index in [1.165, 1.54) is 44.4 Å². The smallest absolute Gasteiger partial charge is 0.306 e. The normalized spacial score (nSPS) is 15.5. The van der Waals surface area contributed by atoms with E-state index in [9.17, 15) is 29.3 Å². The zero-order chi connectivity index (χ0) is 25.4. The molecule has 2 atom stereocenters. The fourth-order valence-electron chi connectivity index (χ4n) is 4.42. The van der Waals surface area contributed by atoms with Crippen molar-refractivity contribution in [2.75, 3.05) is 7.11 Å². The van der Waals surface area contributed by atoms with Gasteiger partial charge in [0.1, 0.15) is 29.2 Å². The Bertz CT molecular complexity index is 1340. The number of aromatic hydroxyl groups is 3. The molecule has 0 aliphatic carbocycles. The summed E-state index contributed by atoms with van der Waals surface area (Å²) >= 11 is 0. The number of ether oxygens (including phenoxy) is 2. The highest BCUT2D eigenvalue weighted by Crippen LogP contribution is 2.50. The number of phenolic OH excluding ortho intramolecular Hbond substituents is 2. The molecule has 0 spiro atoms. The summed E-state index contributed by atoms with van der Waals surface area (Å²) in [7, 11) is 1.19. The van der Waals surface area contributed by atoms with Crippen LogP contribution >= 0.6 is 0 Å². The first kappa shape index (κ1) is 24.2. The van der Waals surface area contributed by atoms with E-state index in [1.807, 2.05) is 0 Å². The van der Waals surface area contributed by atoms with Crippen LogP contribution in [0, 0.1) is 12.7 Å². The van der Waals surface area contributed by atoms with Gasteiger partial charge in [-0.2, -0.15) is 0 Å². The molecule has 1 aliphatic heterocycles. The summed E-state index contributed by atoms with van der Waals surface area (Å²) < 4.78 is 24.7. The quantitative estimate of drug-likeness (QED) is 0.354. The minimum Gasteiger partial charge on any atom is -0.507 e. The number of Topliss-reactive ketones (excluding diaryl/α,β-unsaturated/α-hetero) is 1. The lowest BCUT2D eigenvalue weighted by Gasteiger charge is -2.24. The summed E-state index contributed by atoms with van der Waals surface area (Å²) in [6.07, 6.45) is 0.232. The van der Waals surface area contributed by atoms with Crippen molar-refractivity contribution in [2.45, 2.75) is 38.9 Å². The Morgan fingerprint density at radius 3 is 2.60 bits per heavy atom. The topological polar surface area (TPSA) is 126 Å². The Hall–Kier alpha value is -3.98. The minimum absolute atomic E-state index is 0.0986. The summed E-state index contributed by atoms with van der Waals surface area (Å²) in [5, 5.41) is 33.1. The first-order valence-electron chi connectivity index (χ1n) is 10.8. The lowest BCUT2D eigenvalue weighted by molar-refractivity contribution is -0.140. The van der Waals surface area contributed by atoms with Crippen LogP contribution < -0.4 is 0 Å². The number of aromatic nitrogens is 1. The monoisotopic (exact) mass is 481 g/mol. The molecule has 1 aliphatic rings. The van der Waals surface area contributed by atoms with E-state index in [1.54, 1.807) is 13.1 Å². The minimum atomic E-state index is -1.05. The van der Waals surface area contributed by atoms with Crippen LogP contribution in [0.25, 0.3) is 0 Å². The van der Waals surface area contributed by atoms with Crippen molar-refractivity contribution in [3.8, 4) is 17.2 Å². The molecule has 0 saturated carbocycles. The Kier molecular flexibility index (Phi) is 6.45. The van der Waals surface area contributed by atoms with Crippen LogP contribution in [0.3, 0.4) is 0 Å². The fraction of sp³-hybridized carbons (Fsp3) is 0.269. The van der Waals surface area contributed by atoms with Gasteiger partial charge in [-0.15, -0.1) is 0 Å². The van der Waals surface area contributed by atoms with E-state index in [0.29, 0.717) is 16.8 Å². The molecule has 0 amide bonds. The summed E-state index contributed by atoms with van der Waals surface area (Å²) in [5.41, 5.74) is 1.46. The number of pyridine rings is 1. The summed E-state index contributed by atoms with van der Waals surface area (Å²) in [5.74, 6) is -3.91. The molecule has 2 unspecified atom stereocenters. The average molecular weight is 481 g/mol. The van der Waals surface area contributed by atoms with Crippen LogP contribution in [0.1, 0.15) is 69.2 Å². The van der Waals surface area contributed by atoms with Gasteiger partial charge in [-0.3, -0.25) is 14.6 Å². The van der Waals surface area contributed by atoms with Crippen LogP contribution in [-0.2, 0) is 20.9 Å². The lowest BCUT2D eigenvalue weighted by atomic mass is 9.83. The molecule has 0 fully saturated rings. The van der Waals surface area contributed by atoms with Crippen molar-refractivity contribution in [1.82, 2.24) is 4.98 Å². The van der Waals surface area contributed by atoms with E-state index in [2.05, 4.69) is 4.98 Å². The maximum atomic E-state index is 14.1. The Morgan fingerprint density at radius 2 is 1.94 bits per heavy atom. The van der Waals surface area contributed by atoms with Crippen LogP contribution in [0.5, 0.6) is 17.2 Å². The second kappa shape index (κ2) is 9.34. The number of hydrogen-bond donors (Lipinski definition) is 3. The summed E-state index contributed by atoms with van der Waals surface area (Å²) in [4.78, 5) is 28.9. The van der Waals surface area contributed by atoms with E-state index in [4.69, 9.17) is 9.47 Å². The first-order chi connectivity index (χ1) is 16.6. The van der Waals surface area contributed by atoms with Gasteiger partial charge in [-0.25, -0.2) is 4.39 Å². The van der Waals surface area contributed by atoms with Crippen LogP contribution in [-0.4, -0.2) is 39.2 Å². The molecule has 0 bridgehead atoms. The van der Waals surface area contributed by atoms with Crippen LogP contribution in [0.15, 0.2) is 36.5 Å². The van der Waals surface area contributed by atoms with Crippen molar-refractivity contribution >= 4 is 11.8 Å². The van der Waals surface area contributed by atoms with Crippen LogP contribution in [0.2, 0.25) is 0 Å². The number of hydrogen-bond acceptors (Lipinski definition) is 8. The van der Waals surface area contributed by atoms with Crippen LogP contribution in [0.4, 0.5) is 4.39 Å². The fourth-order valence-corrected chi connectivity index (χ4v) is 4.42. The highest BCUT2D eigenvalue weighted by atomic mass is 19.1. The van der Waals surface area contributed by atoms with Gasteiger partial charge in [0.15, 0.2) is 5.78 Å². The maximum Gasteiger partial charge on any atom is 0.306 e. The molecule has 3 aromatic rings. The SMILES string of the molecule is COC(=O)CC(c1cccc(F)c1)c1c(O)c(C(C)=O)cc(C2OCc3cnc(C)c(O)c32)c1O. The molecule has 0 saturated heterocycles. The van der Waals surface area contributed by atoms with Gasteiger partial charge in [-0.1, -0.05) is 12.1 Å². The molecule has 8 nitrogen and oxygen atoms in total. The number of phenols is 2. The molecule has 4 rings (SSSR count). The molecule has 182 valence electrons. The van der Waals surface area contributed by atoms with Gasteiger partial charge < -0.3 is 24.8 Å². The lowest BCUT2D eigenvalue weighted by Crippen LogP contribution is -2.13. The number of esters is 1. The molecule has 2 aromatic carbocycles. The number of ketones is 1. The number of fused-ring (bicyclic) bond motifs is 1. The maximum absolute atomic E-state index is 14.1. The third kappa shape index (κ3) is 4.30. The molecule has 1 aromatic heterocycles. The van der Waals surface area contributed by atoms with E-state index < -0.39 is 41.1 Å². The number of aryl methyl sites for hydroxylation is 1. The molecular formula is C26H24FNO7. The van der Waals surface area contributed by atoms with Gasteiger partial charge in [0.25, 0.3) is 0 Å². The van der Waals surface area contributed by atoms with Gasteiger partial charge in [-0.05, 0) is 37.6 Å². The molecule has 35 heavy (non-hydrogen) atoms. The predicted octanol–water partition coefficient (Wildman–Crippen LogP) is 4.16. The third-order valence-electron chi connectivity index (χ3n) is 6.22. The zero-order valence-electron chi connectivity index (χ0n) is 19.3. The van der Waals surface area contributed by atoms with Gasteiger partial charge >= 0.3 is 5.97 Å². The molecular weight excluding hydrogens is 457 g/mol. The highest BCUT2D eigenvalue weighted by molar-refractivity contribution is 5.98. The number of nitrogens with zero attached hydrogens (tertiary/aromatic N) is 1. The van der Waals surface area contributed by atoms with Crippen molar-refractivity contribution in [1.29, 1.82) is 0 Å². The number of carbonyl (C=O) groups is 2. The largest absolute Gasteiger partial charge is 0.507 e. The third-order valence-corrected chi connectivity index (χ3v) is 6.22. The number of methoxy groups -OCH3 is 1. The number of halogens is 1. The standard InChI is InChI=1S/C26H24FNO7/c1-12-23(31)21-15(10-28-12)11-35-26(21)19-8-17(13(2)29)24(32)22(25(19)33)18(9-20(30)34-3)14-5-4-6-16(27)7-14/h4-8,10,18,26,31-33H,9,11H2,1-3H3. The van der Waals surface area contributed by atoms with Gasteiger partial charge in [0, 0.05) is 34.4 Å². The van der Waals surface area contributed by atoms with Crippen molar-refractivity contribution < 1.29 is 38.8 Å². The second-order valence-corrected chi connectivity index (χ2v) is 8.39. The Balaban J connectivity index is 1.99. The molecule has 0 radical (unpaired) electrons. The first-order valence-corrected chi connectivity index (χ1v) is 10.8. The molecule has 9 heteroatoms. The highest BCUT2D eigenvalue weighted by Gasteiger charge is 2.36. The van der Waals surface area contributed by atoms with E-state index >= 15 is 0 Å². The predicted molar refractivity (Wildman–Crippen MR) is 122 cm³/mol. The Morgan fingerprint density at radius 1 is 1.20 bits per heavy atom. The number of rotatable bonds is 6. The number of carbonyl (C=O) groups excluding carboxylic acids is 2. The average Bonchev–Trinajstić information content (AvgIpc) is 3.25. The van der Waals surface area contributed by atoms with Crippen molar-refractivity contribution in [3.63, 3.8) is 0 Å². The molecule has 3 N–H and O–H groups in total. The zero-order valence-corrected chi connectivity index (χ0v) is 19.3. The summed E-state index contributed by atoms with van der Waals surface area (Å²) in [6, 6.07) is 6.67. The Labute approximate surface area is 200 Å². The van der Waals surface area contributed by atoms with Gasteiger partial charge in [0.2, 0.25) is 0 Å². The second-order valence-electron chi connectivity index (χ2n) is 8.39. The van der Waals surface area contributed by atoms with E-state index in [0.717, 1.165) is 0 Å². The number of benzene rings is 2. The van der Waals surface area contributed by atoms with Gasteiger partial charge in [0.05, 0.1) is 31.4 Å². The van der Waals surface area contributed by atoms with Crippen molar-refractivity contribution in [2.24, 2.45) is 0 Å². The van der Waals surface area contributed by atoms with E-state index in [-0.39, 0.29) is 41.0 Å². The van der Waals surface area contributed by atoms with Crippen molar-refractivity contribution in [3.05, 3.63) is 81.4 Å². The molecule has 2 heterocycles.